The SMILES string of the molecule is CCCC(C)CC(NN)C1CSC(C)C(C)S1. The van der Waals surface area contributed by atoms with Gasteiger partial charge in [-0.2, -0.15) is 23.5 Å². The van der Waals surface area contributed by atoms with E-state index in [9.17, 15) is 0 Å². The van der Waals surface area contributed by atoms with E-state index < -0.39 is 0 Å². The lowest BCUT2D eigenvalue weighted by molar-refractivity contribution is 0.385. The molecule has 1 aliphatic heterocycles. The second kappa shape index (κ2) is 7.93. The molecule has 5 unspecified atom stereocenters. The van der Waals surface area contributed by atoms with Crippen LogP contribution in [0.1, 0.15) is 47.0 Å². The summed E-state index contributed by atoms with van der Waals surface area (Å²) in [4.78, 5) is 0. The lowest BCUT2D eigenvalue weighted by atomic mass is 9.96. The molecule has 0 saturated carbocycles. The molecule has 1 aliphatic rings. The molecule has 1 saturated heterocycles. The normalized spacial score (nSPS) is 33.4. The molecule has 17 heavy (non-hydrogen) atoms. The number of rotatable bonds is 6. The van der Waals surface area contributed by atoms with Gasteiger partial charge in [0.15, 0.2) is 0 Å². The molecule has 0 amide bonds. The summed E-state index contributed by atoms with van der Waals surface area (Å²) in [5.41, 5.74) is 3.06. The summed E-state index contributed by atoms with van der Waals surface area (Å²) >= 11 is 4.23. The highest BCUT2D eigenvalue weighted by molar-refractivity contribution is 8.07. The van der Waals surface area contributed by atoms with Crippen molar-refractivity contribution in [1.82, 2.24) is 5.43 Å². The van der Waals surface area contributed by atoms with Gasteiger partial charge in [-0.15, -0.1) is 0 Å². The van der Waals surface area contributed by atoms with Gasteiger partial charge in [0.05, 0.1) is 0 Å². The summed E-state index contributed by atoms with van der Waals surface area (Å²) in [6, 6.07) is 0.476. The Kier molecular flexibility index (Phi) is 7.31. The Balaban J connectivity index is 2.44. The maximum Gasteiger partial charge on any atom is 0.0340 e. The molecule has 3 N–H and O–H groups in total. The average molecular weight is 277 g/mol. The predicted molar refractivity (Wildman–Crippen MR) is 82.6 cm³/mol. The van der Waals surface area contributed by atoms with Gasteiger partial charge in [0.25, 0.3) is 0 Å². The molecule has 0 radical (unpaired) electrons. The zero-order valence-electron chi connectivity index (χ0n) is 11.6. The smallest absolute Gasteiger partial charge is 0.0340 e. The summed E-state index contributed by atoms with van der Waals surface area (Å²) in [7, 11) is 0. The number of hydrazine groups is 1. The van der Waals surface area contributed by atoms with Crippen molar-refractivity contribution in [3.63, 3.8) is 0 Å². The van der Waals surface area contributed by atoms with Gasteiger partial charge < -0.3 is 0 Å². The number of hydrogen-bond acceptors (Lipinski definition) is 4. The fourth-order valence-electron chi connectivity index (χ4n) is 2.39. The lowest BCUT2D eigenvalue weighted by Gasteiger charge is -2.36. The highest BCUT2D eigenvalue weighted by Crippen LogP contribution is 2.38. The monoisotopic (exact) mass is 276 g/mol. The van der Waals surface area contributed by atoms with Crippen molar-refractivity contribution in [3.05, 3.63) is 0 Å². The van der Waals surface area contributed by atoms with E-state index in [1.807, 2.05) is 0 Å². The van der Waals surface area contributed by atoms with Crippen molar-refractivity contribution in [3.8, 4) is 0 Å². The molecule has 0 aromatic carbocycles. The molecule has 102 valence electrons. The highest BCUT2D eigenvalue weighted by Gasteiger charge is 2.31. The van der Waals surface area contributed by atoms with Crippen LogP contribution in [0.15, 0.2) is 0 Å². The molecule has 5 atom stereocenters. The standard InChI is InChI=1S/C13H28N2S2/c1-5-6-9(2)7-12(15-14)13-8-16-10(3)11(4)17-13/h9-13,15H,5-8,14H2,1-4H3. The van der Waals surface area contributed by atoms with Gasteiger partial charge in [-0.05, 0) is 12.3 Å². The van der Waals surface area contributed by atoms with E-state index in [1.54, 1.807) is 0 Å². The van der Waals surface area contributed by atoms with Crippen LogP contribution >= 0.6 is 23.5 Å². The van der Waals surface area contributed by atoms with E-state index in [2.05, 4.69) is 56.6 Å². The Bertz CT molecular complexity index is 214. The molecule has 0 aliphatic carbocycles. The zero-order chi connectivity index (χ0) is 12.8. The zero-order valence-corrected chi connectivity index (χ0v) is 13.2. The van der Waals surface area contributed by atoms with Crippen molar-refractivity contribution >= 4 is 23.5 Å². The second-order valence-electron chi connectivity index (χ2n) is 5.32. The van der Waals surface area contributed by atoms with Crippen molar-refractivity contribution in [1.29, 1.82) is 0 Å². The van der Waals surface area contributed by atoms with Gasteiger partial charge in [0.2, 0.25) is 0 Å². The first kappa shape index (κ1) is 15.7. The van der Waals surface area contributed by atoms with Crippen LogP contribution < -0.4 is 11.3 Å². The van der Waals surface area contributed by atoms with Crippen molar-refractivity contribution < 1.29 is 0 Å². The molecule has 0 aromatic rings. The lowest BCUT2D eigenvalue weighted by Crippen LogP contribution is -2.47. The maximum absolute atomic E-state index is 5.76. The van der Waals surface area contributed by atoms with Crippen LogP contribution in [-0.4, -0.2) is 27.5 Å². The fraction of sp³-hybridized carbons (Fsp3) is 1.00. The average Bonchev–Trinajstić information content (AvgIpc) is 2.30. The van der Waals surface area contributed by atoms with E-state index in [-0.39, 0.29) is 0 Å². The summed E-state index contributed by atoms with van der Waals surface area (Å²) in [5.74, 6) is 7.77. The van der Waals surface area contributed by atoms with E-state index in [4.69, 9.17) is 5.84 Å². The minimum Gasteiger partial charge on any atom is -0.271 e. The Morgan fingerprint density at radius 3 is 2.59 bits per heavy atom. The minimum absolute atomic E-state index is 0.476. The van der Waals surface area contributed by atoms with Crippen LogP contribution in [0.4, 0.5) is 0 Å². The summed E-state index contributed by atoms with van der Waals surface area (Å²) in [6.45, 7) is 9.29. The van der Waals surface area contributed by atoms with Gasteiger partial charge in [0.1, 0.15) is 0 Å². The Labute approximate surface area is 115 Å². The molecule has 0 bridgehead atoms. The third-order valence-electron chi connectivity index (χ3n) is 3.67. The van der Waals surface area contributed by atoms with Gasteiger partial charge in [-0.3, -0.25) is 11.3 Å². The van der Waals surface area contributed by atoms with E-state index >= 15 is 0 Å². The second-order valence-corrected chi connectivity index (χ2v) is 8.35. The van der Waals surface area contributed by atoms with Crippen molar-refractivity contribution in [2.75, 3.05) is 5.75 Å². The first-order chi connectivity index (χ1) is 8.08. The van der Waals surface area contributed by atoms with Crippen LogP contribution in [0.5, 0.6) is 0 Å². The molecule has 2 nitrogen and oxygen atoms in total. The van der Waals surface area contributed by atoms with Crippen LogP contribution in [0.2, 0.25) is 0 Å². The molecule has 1 heterocycles. The van der Waals surface area contributed by atoms with Gasteiger partial charge in [-0.1, -0.05) is 40.5 Å². The van der Waals surface area contributed by atoms with Gasteiger partial charge in [-0.25, -0.2) is 0 Å². The van der Waals surface area contributed by atoms with Crippen molar-refractivity contribution in [2.45, 2.75) is 68.7 Å². The van der Waals surface area contributed by atoms with E-state index in [1.165, 1.54) is 25.0 Å². The Hall–Kier alpha value is 0.620. The third kappa shape index (κ3) is 5.01. The number of thioether (sulfide) groups is 2. The van der Waals surface area contributed by atoms with Gasteiger partial charge >= 0.3 is 0 Å². The van der Waals surface area contributed by atoms with Crippen LogP contribution in [0.3, 0.4) is 0 Å². The quantitative estimate of drug-likeness (QED) is 0.577. The Morgan fingerprint density at radius 2 is 2.06 bits per heavy atom. The number of nitrogens with two attached hydrogens (primary N) is 1. The topological polar surface area (TPSA) is 38.0 Å². The molecule has 1 fully saturated rings. The minimum atomic E-state index is 0.476. The summed E-state index contributed by atoms with van der Waals surface area (Å²) in [6.07, 6.45) is 3.80. The predicted octanol–water partition coefficient (Wildman–Crippen LogP) is 3.27. The largest absolute Gasteiger partial charge is 0.271 e. The summed E-state index contributed by atoms with van der Waals surface area (Å²) in [5, 5.41) is 2.20. The first-order valence-electron chi connectivity index (χ1n) is 6.81. The van der Waals surface area contributed by atoms with E-state index in [0.29, 0.717) is 11.3 Å². The molecule has 4 heteroatoms. The summed E-state index contributed by atoms with van der Waals surface area (Å²) < 4.78 is 0. The van der Waals surface area contributed by atoms with Crippen LogP contribution in [-0.2, 0) is 0 Å². The van der Waals surface area contributed by atoms with Crippen LogP contribution in [0.25, 0.3) is 0 Å². The van der Waals surface area contributed by atoms with Crippen molar-refractivity contribution in [2.24, 2.45) is 11.8 Å². The van der Waals surface area contributed by atoms with Crippen LogP contribution in [0, 0.1) is 5.92 Å². The molecular formula is C13H28N2S2. The Morgan fingerprint density at radius 1 is 1.35 bits per heavy atom. The first-order valence-corrected chi connectivity index (χ1v) is 8.80. The van der Waals surface area contributed by atoms with Gasteiger partial charge in [0, 0.05) is 27.5 Å². The number of hydrogen-bond donors (Lipinski definition) is 2. The fourth-order valence-corrected chi connectivity index (χ4v) is 5.52. The number of nitrogens with one attached hydrogen (secondary N) is 1. The maximum atomic E-state index is 5.76. The molecule has 0 aromatic heterocycles. The molecule has 1 rings (SSSR count). The highest BCUT2D eigenvalue weighted by atomic mass is 32.2. The molecule has 0 spiro atoms. The molecular weight excluding hydrogens is 248 g/mol. The van der Waals surface area contributed by atoms with E-state index in [0.717, 1.165) is 16.4 Å². The third-order valence-corrected chi connectivity index (χ3v) is 7.23.